The summed E-state index contributed by atoms with van der Waals surface area (Å²) in [6.45, 7) is 0. The molecule has 1 aliphatic rings. The SMILES string of the molecule is COc1cccc(/C=C(\NC(=O)c2ccccc2)C(=O)Nc2cccc(SC3CC(=O)N(c4ccc([N+](=O)[O-])cc4)C3=O)c2)c1OC. The van der Waals surface area contributed by atoms with Gasteiger partial charge >= 0.3 is 0 Å². The lowest BCUT2D eigenvalue weighted by molar-refractivity contribution is -0.384. The first kappa shape index (κ1) is 32.4. The molecule has 1 unspecified atom stereocenters. The van der Waals surface area contributed by atoms with Crippen LogP contribution in [-0.2, 0) is 14.4 Å². The smallest absolute Gasteiger partial charge is 0.272 e. The minimum atomic E-state index is -0.746. The summed E-state index contributed by atoms with van der Waals surface area (Å²) in [5, 5.41) is 15.7. The Hall–Kier alpha value is -5.95. The van der Waals surface area contributed by atoms with Gasteiger partial charge in [0.15, 0.2) is 11.5 Å². The van der Waals surface area contributed by atoms with E-state index in [0.29, 0.717) is 33.2 Å². The first-order valence-corrected chi connectivity index (χ1v) is 15.0. The number of benzene rings is 4. The van der Waals surface area contributed by atoms with Gasteiger partial charge in [-0.15, -0.1) is 11.8 Å². The Kier molecular flexibility index (Phi) is 9.96. The number of nitro benzene ring substituents is 1. The summed E-state index contributed by atoms with van der Waals surface area (Å²) in [6.07, 6.45) is 1.41. The Morgan fingerprint density at radius 2 is 1.66 bits per heavy atom. The van der Waals surface area contributed by atoms with Gasteiger partial charge in [-0.2, -0.15) is 0 Å². The lowest BCUT2D eigenvalue weighted by atomic mass is 10.1. The number of thioether (sulfide) groups is 1. The predicted molar refractivity (Wildman–Crippen MR) is 176 cm³/mol. The molecular formula is C34H28N4O8S. The van der Waals surface area contributed by atoms with Crippen LogP contribution in [0, 0.1) is 10.1 Å². The number of nitrogens with one attached hydrogen (secondary N) is 2. The van der Waals surface area contributed by atoms with Crippen LogP contribution in [0.2, 0.25) is 0 Å². The van der Waals surface area contributed by atoms with Gasteiger partial charge in [0.05, 0.1) is 30.1 Å². The maximum absolute atomic E-state index is 13.6. The summed E-state index contributed by atoms with van der Waals surface area (Å²) >= 11 is 1.15. The maximum Gasteiger partial charge on any atom is 0.272 e. The predicted octanol–water partition coefficient (Wildman–Crippen LogP) is 5.45. The minimum Gasteiger partial charge on any atom is -0.493 e. The molecule has 13 heteroatoms. The average Bonchev–Trinajstić information content (AvgIpc) is 3.36. The summed E-state index contributed by atoms with van der Waals surface area (Å²) in [4.78, 5) is 64.7. The van der Waals surface area contributed by atoms with Crippen molar-refractivity contribution in [1.29, 1.82) is 0 Å². The van der Waals surface area contributed by atoms with Crippen molar-refractivity contribution in [3.8, 4) is 11.5 Å². The summed E-state index contributed by atoms with van der Waals surface area (Å²) in [5.41, 5.74) is 1.23. The normalized spacial score (nSPS) is 14.5. The van der Waals surface area contributed by atoms with Gasteiger partial charge in [-0.3, -0.25) is 29.3 Å². The van der Waals surface area contributed by atoms with Gasteiger partial charge in [-0.05, 0) is 54.6 Å². The zero-order valence-corrected chi connectivity index (χ0v) is 26.0. The summed E-state index contributed by atoms with van der Waals surface area (Å²) in [5.74, 6) is -1.21. The summed E-state index contributed by atoms with van der Waals surface area (Å²) in [6, 6.07) is 25.5. The first-order chi connectivity index (χ1) is 22.7. The molecule has 0 saturated carbocycles. The van der Waals surface area contributed by atoms with Crippen LogP contribution < -0.4 is 25.0 Å². The van der Waals surface area contributed by atoms with Crippen molar-refractivity contribution in [2.75, 3.05) is 24.4 Å². The van der Waals surface area contributed by atoms with E-state index in [0.717, 1.165) is 16.7 Å². The highest BCUT2D eigenvalue weighted by molar-refractivity contribution is 8.00. The van der Waals surface area contributed by atoms with E-state index in [1.165, 1.54) is 44.6 Å². The highest BCUT2D eigenvalue weighted by Crippen LogP contribution is 2.36. The number of nitrogens with zero attached hydrogens (tertiary/aromatic N) is 2. The molecule has 0 aromatic heterocycles. The fourth-order valence-electron chi connectivity index (χ4n) is 4.82. The van der Waals surface area contributed by atoms with Gasteiger partial charge < -0.3 is 20.1 Å². The van der Waals surface area contributed by atoms with Crippen molar-refractivity contribution < 1.29 is 33.6 Å². The van der Waals surface area contributed by atoms with Crippen LogP contribution in [0.3, 0.4) is 0 Å². The summed E-state index contributed by atoms with van der Waals surface area (Å²) in [7, 11) is 2.96. The average molecular weight is 653 g/mol. The van der Waals surface area contributed by atoms with Gasteiger partial charge in [-0.1, -0.05) is 36.4 Å². The zero-order valence-electron chi connectivity index (χ0n) is 25.2. The van der Waals surface area contributed by atoms with Crippen LogP contribution in [0.25, 0.3) is 6.08 Å². The van der Waals surface area contributed by atoms with Gasteiger partial charge in [0.1, 0.15) is 5.70 Å². The Morgan fingerprint density at radius 1 is 0.936 bits per heavy atom. The molecule has 5 rings (SSSR count). The van der Waals surface area contributed by atoms with E-state index >= 15 is 0 Å². The third kappa shape index (κ3) is 7.48. The molecule has 0 radical (unpaired) electrons. The van der Waals surface area contributed by atoms with Gasteiger partial charge in [0, 0.05) is 40.3 Å². The topological polar surface area (TPSA) is 157 Å². The fraction of sp³-hybridized carbons (Fsp3) is 0.118. The number of carbonyl (C=O) groups excluding carboxylic acids is 4. The van der Waals surface area contributed by atoms with Crippen molar-refractivity contribution in [1.82, 2.24) is 5.32 Å². The Balaban J connectivity index is 1.36. The van der Waals surface area contributed by atoms with E-state index in [2.05, 4.69) is 10.6 Å². The zero-order chi connectivity index (χ0) is 33.5. The number of carbonyl (C=O) groups is 4. The Labute approximate surface area is 273 Å². The number of hydrogen-bond acceptors (Lipinski definition) is 9. The molecule has 4 aromatic carbocycles. The standard InChI is InChI=1S/C34H28N4O8S/c1-45-28-13-6-10-22(31(28)46-2)18-27(36-32(40)21-8-4-3-5-9-21)33(41)35-23-11-7-12-26(19-23)47-29-20-30(39)37(34(29)42)24-14-16-25(17-15-24)38(43)44/h3-19,29H,20H2,1-2H3,(H,35,41)(H,36,40)/b27-18-. The molecule has 1 saturated heterocycles. The molecule has 4 amide bonds. The molecule has 1 aliphatic heterocycles. The van der Waals surface area contributed by atoms with Gasteiger partial charge in [0.25, 0.3) is 17.5 Å². The lowest BCUT2D eigenvalue weighted by Gasteiger charge is -2.15. The largest absolute Gasteiger partial charge is 0.493 e. The van der Waals surface area contributed by atoms with Crippen LogP contribution in [0.15, 0.2) is 108 Å². The highest BCUT2D eigenvalue weighted by atomic mass is 32.2. The molecule has 4 aromatic rings. The van der Waals surface area contributed by atoms with E-state index in [4.69, 9.17) is 9.47 Å². The van der Waals surface area contributed by atoms with Crippen molar-refractivity contribution in [3.63, 3.8) is 0 Å². The van der Waals surface area contributed by atoms with Crippen molar-refractivity contribution in [3.05, 3.63) is 124 Å². The molecule has 238 valence electrons. The number of imide groups is 1. The second-order valence-corrected chi connectivity index (χ2v) is 11.4. The maximum atomic E-state index is 13.6. The number of methoxy groups -OCH3 is 2. The van der Waals surface area contributed by atoms with E-state index in [1.54, 1.807) is 72.8 Å². The summed E-state index contributed by atoms with van der Waals surface area (Å²) < 4.78 is 10.9. The molecule has 47 heavy (non-hydrogen) atoms. The van der Waals surface area contributed by atoms with Crippen LogP contribution in [-0.4, -0.2) is 48.0 Å². The molecular weight excluding hydrogens is 624 g/mol. The number of ether oxygens (including phenoxy) is 2. The number of anilines is 2. The number of amides is 4. The van der Waals surface area contributed by atoms with E-state index in [-0.39, 0.29) is 23.5 Å². The number of hydrogen-bond donors (Lipinski definition) is 2. The number of non-ortho nitro benzene ring substituents is 1. The first-order valence-electron chi connectivity index (χ1n) is 14.2. The second-order valence-electron chi connectivity index (χ2n) is 10.1. The fourth-order valence-corrected chi connectivity index (χ4v) is 5.94. The monoisotopic (exact) mass is 652 g/mol. The van der Waals surface area contributed by atoms with E-state index in [9.17, 15) is 29.3 Å². The van der Waals surface area contributed by atoms with E-state index < -0.39 is 33.8 Å². The molecule has 1 heterocycles. The van der Waals surface area contributed by atoms with E-state index in [1.807, 2.05) is 0 Å². The third-order valence-electron chi connectivity index (χ3n) is 7.06. The van der Waals surface area contributed by atoms with Crippen LogP contribution in [0.4, 0.5) is 17.1 Å². The van der Waals surface area contributed by atoms with Gasteiger partial charge in [-0.25, -0.2) is 4.90 Å². The number of para-hydroxylation sites is 1. The van der Waals surface area contributed by atoms with Crippen molar-refractivity contribution >= 4 is 58.5 Å². The van der Waals surface area contributed by atoms with Gasteiger partial charge in [0.2, 0.25) is 11.8 Å². The molecule has 0 bridgehead atoms. The highest BCUT2D eigenvalue weighted by Gasteiger charge is 2.40. The molecule has 12 nitrogen and oxygen atoms in total. The van der Waals surface area contributed by atoms with Crippen molar-refractivity contribution in [2.24, 2.45) is 0 Å². The quantitative estimate of drug-likeness (QED) is 0.0931. The third-order valence-corrected chi connectivity index (χ3v) is 8.24. The molecule has 2 N–H and O–H groups in total. The Morgan fingerprint density at radius 3 is 2.34 bits per heavy atom. The number of nitro groups is 1. The molecule has 1 atom stereocenters. The van der Waals surface area contributed by atoms with Crippen LogP contribution in [0.5, 0.6) is 11.5 Å². The molecule has 1 fully saturated rings. The minimum absolute atomic E-state index is 0.0706. The molecule has 0 aliphatic carbocycles. The molecule has 0 spiro atoms. The Bertz CT molecular complexity index is 1880. The second kappa shape index (κ2) is 14.4. The lowest BCUT2D eigenvalue weighted by Crippen LogP contribution is -2.31. The van der Waals surface area contributed by atoms with Crippen LogP contribution in [0.1, 0.15) is 22.3 Å². The van der Waals surface area contributed by atoms with Crippen molar-refractivity contribution in [2.45, 2.75) is 16.6 Å². The van der Waals surface area contributed by atoms with Crippen LogP contribution >= 0.6 is 11.8 Å². The number of rotatable bonds is 11.